The number of carbonyl (C=O) groups is 1. The Kier molecular flexibility index (Phi) is 8.05. The van der Waals surface area contributed by atoms with Crippen LogP contribution in [0.3, 0.4) is 0 Å². The van der Waals surface area contributed by atoms with Crippen LogP contribution in [0, 0.1) is 0 Å². The Hall–Kier alpha value is -2.63. The largest absolute Gasteiger partial charge is 0.459 e. The zero-order chi connectivity index (χ0) is 21.3. The summed E-state index contributed by atoms with van der Waals surface area (Å²) in [4.78, 5) is 13.8. The molecule has 160 valence electrons. The Labute approximate surface area is 179 Å². The van der Waals surface area contributed by atoms with Crippen LogP contribution in [-0.4, -0.2) is 43.3 Å². The number of hydrogen-bond acceptors (Lipinski definition) is 5. The molecule has 1 fully saturated rings. The minimum atomic E-state index is -0.436. The van der Waals surface area contributed by atoms with Crippen LogP contribution in [0.5, 0.6) is 0 Å². The number of esters is 1. The average molecular weight is 410 g/mol. The maximum atomic E-state index is 11.5. The lowest BCUT2D eigenvalue weighted by molar-refractivity contribution is -0.143. The molecule has 0 amide bonds. The number of benzene rings is 1. The standard InChI is InChI=1S/C25H31NO4/c1-4-5-14-26-15-12-21(13-16-26)7-6-20-8-10-22(11-9-20)25-29-18-23(30-25)17-28-24(27)19(2)3/h6-13,15,23,25H,2,4-5,14,16-18H2,1,3H3. The van der Waals surface area contributed by atoms with Crippen LogP contribution in [0.4, 0.5) is 0 Å². The summed E-state index contributed by atoms with van der Waals surface area (Å²) in [6.07, 6.45) is 12.6. The molecule has 2 unspecified atom stereocenters. The van der Waals surface area contributed by atoms with Gasteiger partial charge in [0, 0.05) is 24.2 Å². The molecule has 2 atom stereocenters. The van der Waals surface area contributed by atoms with Gasteiger partial charge < -0.3 is 19.1 Å². The number of ether oxygens (including phenoxy) is 3. The average Bonchev–Trinajstić information content (AvgIpc) is 3.24. The van der Waals surface area contributed by atoms with Gasteiger partial charge in [-0.25, -0.2) is 4.79 Å². The van der Waals surface area contributed by atoms with Gasteiger partial charge in [-0.1, -0.05) is 62.4 Å². The Balaban J connectivity index is 1.47. The molecule has 2 aliphatic rings. The van der Waals surface area contributed by atoms with Gasteiger partial charge in [0.15, 0.2) is 6.29 Å². The van der Waals surface area contributed by atoms with Crippen molar-refractivity contribution in [2.75, 3.05) is 26.3 Å². The normalized spacial score (nSPS) is 21.1. The molecule has 30 heavy (non-hydrogen) atoms. The van der Waals surface area contributed by atoms with Gasteiger partial charge in [0.1, 0.15) is 12.7 Å². The Morgan fingerprint density at radius 1 is 1.30 bits per heavy atom. The highest BCUT2D eigenvalue weighted by Gasteiger charge is 2.28. The first-order valence-corrected chi connectivity index (χ1v) is 10.6. The van der Waals surface area contributed by atoms with Crippen molar-refractivity contribution >= 4 is 12.0 Å². The van der Waals surface area contributed by atoms with Gasteiger partial charge in [0.2, 0.25) is 0 Å². The van der Waals surface area contributed by atoms with E-state index in [9.17, 15) is 4.79 Å². The molecular weight excluding hydrogens is 378 g/mol. The lowest BCUT2D eigenvalue weighted by Gasteiger charge is -2.21. The molecule has 0 saturated carbocycles. The van der Waals surface area contributed by atoms with E-state index in [4.69, 9.17) is 14.2 Å². The molecule has 0 spiro atoms. The van der Waals surface area contributed by atoms with Crippen LogP contribution in [0.2, 0.25) is 0 Å². The Bertz CT molecular complexity index is 822. The maximum Gasteiger partial charge on any atom is 0.333 e. The lowest BCUT2D eigenvalue weighted by Crippen LogP contribution is -2.20. The monoisotopic (exact) mass is 409 g/mol. The zero-order valence-corrected chi connectivity index (χ0v) is 17.9. The molecule has 1 saturated heterocycles. The highest BCUT2D eigenvalue weighted by molar-refractivity contribution is 5.86. The number of allylic oxidation sites excluding steroid dienone is 3. The summed E-state index contributed by atoms with van der Waals surface area (Å²) < 4.78 is 16.7. The quantitative estimate of drug-likeness (QED) is 0.434. The van der Waals surface area contributed by atoms with Gasteiger partial charge in [0.05, 0.1) is 6.61 Å². The van der Waals surface area contributed by atoms with Crippen LogP contribution >= 0.6 is 0 Å². The second-order valence-electron chi connectivity index (χ2n) is 7.67. The molecule has 5 nitrogen and oxygen atoms in total. The molecule has 1 aromatic rings. The fourth-order valence-electron chi connectivity index (χ4n) is 3.15. The second kappa shape index (κ2) is 11.0. The summed E-state index contributed by atoms with van der Waals surface area (Å²) in [6.45, 7) is 10.1. The van der Waals surface area contributed by atoms with Crippen LogP contribution in [0.1, 0.15) is 44.1 Å². The van der Waals surface area contributed by atoms with E-state index < -0.39 is 12.3 Å². The van der Waals surface area contributed by atoms with Crippen molar-refractivity contribution in [1.82, 2.24) is 4.90 Å². The third-order valence-corrected chi connectivity index (χ3v) is 5.01. The summed E-state index contributed by atoms with van der Waals surface area (Å²) in [7, 11) is 0. The minimum absolute atomic E-state index is 0.168. The predicted octanol–water partition coefficient (Wildman–Crippen LogP) is 4.79. The van der Waals surface area contributed by atoms with E-state index in [1.807, 2.05) is 24.3 Å². The summed E-state index contributed by atoms with van der Waals surface area (Å²) in [6, 6.07) is 8.11. The van der Waals surface area contributed by atoms with Crippen molar-refractivity contribution < 1.29 is 19.0 Å². The summed E-state index contributed by atoms with van der Waals surface area (Å²) in [5.41, 5.74) is 3.67. The third-order valence-electron chi connectivity index (χ3n) is 5.01. The second-order valence-corrected chi connectivity index (χ2v) is 7.67. The van der Waals surface area contributed by atoms with Crippen molar-refractivity contribution in [3.8, 4) is 0 Å². The van der Waals surface area contributed by atoms with E-state index in [1.54, 1.807) is 6.92 Å². The Morgan fingerprint density at radius 3 is 2.77 bits per heavy atom. The number of nitrogens with zero attached hydrogens (tertiary/aromatic N) is 1. The number of carbonyl (C=O) groups excluding carboxylic acids is 1. The molecule has 0 aliphatic carbocycles. The predicted molar refractivity (Wildman–Crippen MR) is 119 cm³/mol. The van der Waals surface area contributed by atoms with Crippen LogP contribution < -0.4 is 0 Å². The molecule has 2 aliphatic heterocycles. The van der Waals surface area contributed by atoms with E-state index in [-0.39, 0.29) is 12.7 Å². The first-order chi connectivity index (χ1) is 14.5. The number of rotatable bonds is 9. The minimum Gasteiger partial charge on any atom is -0.459 e. The van der Waals surface area contributed by atoms with E-state index in [0.717, 1.165) is 24.2 Å². The van der Waals surface area contributed by atoms with Crippen molar-refractivity contribution in [2.24, 2.45) is 0 Å². The number of unbranched alkanes of at least 4 members (excludes halogenated alkanes) is 1. The molecule has 0 aromatic heterocycles. The molecule has 0 radical (unpaired) electrons. The van der Waals surface area contributed by atoms with Gasteiger partial charge in [-0.15, -0.1) is 0 Å². The molecular formula is C25H31NO4. The fourth-order valence-corrected chi connectivity index (χ4v) is 3.15. The molecule has 3 rings (SSSR count). The van der Waals surface area contributed by atoms with Crippen molar-refractivity contribution in [3.63, 3.8) is 0 Å². The van der Waals surface area contributed by atoms with Gasteiger partial charge in [-0.2, -0.15) is 0 Å². The topological polar surface area (TPSA) is 48.0 Å². The lowest BCUT2D eigenvalue weighted by atomic mass is 10.1. The summed E-state index contributed by atoms with van der Waals surface area (Å²) >= 11 is 0. The smallest absolute Gasteiger partial charge is 0.333 e. The molecule has 1 aromatic carbocycles. The summed E-state index contributed by atoms with van der Waals surface area (Å²) in [5, 5.41) is 0. The Morgan fingerprint density at radius 2 is 2.10 bits per heavy atom. The van der Waals surface area contributed by atoms with E-state index in [0.29, 0.717) is 12.2 Å². The van der Waals surface area contributed by atoms with Crippen molar-refractivity contribution in [1.29, 1.82) is 0 Å². The first-order valence-electron chi connectivity index (χ1n) is 10.6. The molecule has 2 heterocycles. The van der Waals surface area contributed by atoms with Crippen molar-refractivity contribution in [3.05, 3.63) is 77.5 Å². The van der Waals surface area contributed by atoms with Gasteiger partial charge in [-0.3, -0.25) is 0 Å². The van der Waals surface area contributed by atoms with Gasteiger partial charge in [-0.05, 0) is 36.8 Å². The first kappa shape index (κ1) is 22.1. The highest BCUT2D eigenvalue weighted by atomic mass is 16.7. The zero-order valence-electron chi connectivity index (χ0n) is 17.9. The molecule has 0 N–H and O–H groups in total. The third kappa shape index (κ3) is 6.44. The number of hydrogen-bond donors (Lipinski definition) is 0. The fraction of sp³-hybridized carbons (Fsp3) is 0.400. The van der Waals surface area contributed by atoms with Crippen LogP contribution in [0.15, 0.2) is 66.4 Å². The van der Waals surface area contributed by atoms with E-state index in [2.05, 4.69) is 48.9 Å². The molecule has 5 heteroatoms. The summed E-state index contributed by atoms with van der Waals surface area (Å²) in [5.74, 6) is -0.408. The molecule has 0 bridgehead atoms. The van der Waals surface area contributed by atoms with Crippen LogP contribution in [-0.2, 0) is 19.0 Å². The van der Waals surface area contributed by atoms with Gasteiger partial charge >= 0.3 is 5.97 Å². The maximum absolute atomic E-state index is 11.5. The van der Waals surface area contributed by atoms with Crippen LogP contribution in [0.25, 0.3) is 6.08 Å². The van der Waals surface area contributed by atoms with Gasteiger partial charge in [0.25, 0.3) is 0 Å². The van der Waals surface area contributed by atoms with Crippen molar-refractivity contribution in [2.45, 2.75) is 39.1 Å². The van der Waals surface area contributed by atoms with E-state index >= 15 is 0 Å². The van der Waals surface area contributed by atoms with E-state index in [1.165, 1.54) is 18.4 Å². The highest BCUT2D eigenvalue weighted by Crippen LogP contribution is 2.27. The SMILES string of the molecule is C=C(C)C(=O)OCC1COC(c2ccc(C=CC3=CCN(CCCC)C=C3)cc2)O1.